The molecule has 0 aliphatic carbocycles. The van der Waals surface area contributed by atoms with Crippen molar-refractivity contribution >= 4 is 17.6 Å². The lowest BCUT2D eigenvalue weighted by molar-refractivity contribution is -0.148. The van der Waals surface area contributed by atoms with Crippen molar-refractivity contribution < 1.29 is 9.53 Å². The number of halogens is 1. The highest BCUT2D eigenvalue weighted by Crippen LogP contribution is 2.38. The third-order valence-corrected chi connectivity index (χ3v) is 3.75. The number of nitrogens with one attached hydrogen (secondary N) is 1. The molecule has 1 aromatic rings. The predicted molar refractivity (Wildman–Crippen MR) is 67.2 cm³/mol. The van der Waals surface area contributed by atoms with Crippen molar-refractivity contribution in [3.05, 3.63) is 34.9 Å². The summed E-state index contributed by atoms with van der Waals surface area (Å²) in [6, 6.07) is 7.53. The highest BCUT2D eigenvalue weighted by molar-refractivity contribution is 6.31. The summed E-state index contributed by atoms with van der Waals surface area (Å²) >= 11 is 6.22. The van der Waals surface area contributed by atoms with Gasteiger partial charge in [-0.25, -0.2) is 0 Å². The summed E-state index contributed by atoms with van der Waals surface area (Å²) in [7, 11) is 1.43. The van der Waals surface area contributed by atoms with Crippen molar-refractivity contribution in [2.45, 2.75) is 18.3 Å². The second-order valence-electron chi connectivity index (χ2n) is 4.30. The molecule has 92 valence electrons. The average molecular weight is 254 g/mol. The Morgan fingerprint density at radius 1 is 1.35 bits per heavy atom. The average Bonchev–Trinajstić information content (AvgIpc) is 2.39. The molecule has 0 saturated carbocycles. The molecule has 0 atom stereocenters. The van der Waals surface area contributed by atoms with Gasteiger partial charge in [0.05, 0.1) is 12.5 Å². The first-order valence-electron chi connectivity index (χ1n) is 5.75. The number of rotatable bonds is 2. The minimum absolute atomic E-state index is 0.188. The molecule has 1 aliphatic rings. The Bertz CT molecular complexity index is 414. The van der Waals surface area contributed by atoms with Crippen molar-refractivity contribution in [1.29, 1.82) is 0 Å². The lowest BCUT2D eigenvalue weighted by Crippen LogP contribution is -2.46. The summed E-state index contributed by atoms with van der Waals surface area (Å²) in [5.41, 5.74) is 0.299. The molecule has 0 bridgehead atoms. The van der Waals surface area contributed by atoms with Gasteiger partial charge in [-0.2, -0.15) is 0 Å². The molecular formula is C13H16ClNO2. The maximum absolute atomic E-state index is 12.1. The van der Waals surface area contributed by atoms with Gasteiger partial charge in [-0.15, -0.1) is 0 Å². The number of methoxy groups -OCH3 is 1. The van der Waals surface area contributed by atoms with E-state index in [0.29, 0.717) is 5.02 Å². The monoisotopic (exact) mass is 253 g/mol. The Hall–Kier alpha value is -1.06. The van der Waals surface area contributed by atoms with E-state index in [1.807, 2.05) is 24.3 Å². The molecule has 1 aromatic carbocycles. The molecule has 4 heteroatoms. The number of carbonyl (C=O) groups is 1. The molecule has 1 saturated heterocycles. The zero-order valence-electron chi connectivity index (χ0n) is 9.83. The van der Waals surface area contributed by atoms with Gasteiger partial charge in [0.1, 0.15) is 0 Å². The standard InChI is InChI=1S/C13H16ClNO2/c1-17-12(16)13(6-8-15-9-7-13)10-4-2-3-5-11(10)14/h2-5,15H,6-9H2,1H3. The Labute approximate surface area is 106 Å². The zero-order chi connectivity index (χ0) is 12.3. The molecule has 1 N–H and O–H groups in total. The molecule has 0 amide bonds. The lowest BCUT2D eigenvalue weighted by Gasteiger charge is -2.35. The van der Waals surface area contributed by atoms with Crippen molar-refractivity contribution in [3.63, 3.8) is 0 Å². The molecule has 1 fully saturated rings. The van der Waals surface area contributed by atoms with E-state index in [9.17, 15) is 4.79 Å². The number of hydrogen-bond donors (Lipinski definition) is 1. The highest BCUT2D eigenvalue weighted by Gasteiger charge is 2.43. The normalized spacial score (nSPS) is 18.7. The predicted octanol–water partition coefficient (Wildman–Crippen LogP) is 2.13. The number of piperidine rings is 1. The fraction of sp³-hybridized carbons (Fsp3) is 0.462. The van der Waals surface area contributed by atoms with Gasteiger partial charge < -0.3 is 10.1 Å². The van der Waals surface area contributed by atoms with Gasteiger partial charge in [-0.3, -0.25) is 4.79 Å². The summed E-state index contributed by atoms with van der Waals surface area (Å²) in [6.07, 6.45) is 1.45. The number of carbonyl (C=O) groups excluding carboxylic acids is 1. The molecule has 2 rings (SSSR count). The molecule has 0 aromatic heterocycles. The summed E-state index contributed by atoms with van der Waals surface area (Å²) < 4.78 is 4.98. The Morgan fingerprint density at radius 2 is 2.00 bits per heavy atom. The molecule has 0 spiro atoms. The lowest BCUT2D eigenvalue weighted by atomic mass is 9.73. The van der Waals surface area contributed by atoms with Crippen LogP contribution in [0.2, 0.25) is 5.02 Å². The molecule has 0 unspecified atom stereocenters. The van der Waals surface area contributed by atoms with E-state index >= 15 is 0 Å². The topological polar surface area (TPSA) is 38.3 Å². The van der Waals surface area contributed by atoms with Crippen LogP contribution in [-0.2, 0) is 14.9 Å². The van der Waals surface area contributed by atoms with Gasteiger partial charge in [0, 0.05) is 5.02 Å². The number of hydrogen-bond acceptors (Lipinski definition) is 3. The van der Waals surface area contributed by atoms with Crippen LogP contribution in [0.15, 0.2) is 24.3 Å². The van der Waals surface area contributed by atoms with Crippen molar-refractivity contribution in [2.24, 2.45) is 0 Å². The van der Waals surface area contributed by atoms with Gasteiger partial charge in [0.15, 0.2) is 0 Å². The van der Waals surface area contributed by atoms with E-state index in [4.69, 9.17) is 16.3 Å². The van der Waals surface area contributed by atoms with Crippen molar-refractivity contribution in [1.82, 2.24) is 5.32 Å². The smallest absolute Gasteiger partial charge is 0.316 e. The van der Waals surface area contributed by atoms with Crippen LogP contribution in [0.3, 0.4) is 0 Å². The minimum atomic E-state index is -0.585. The van der Waals surface area contributed by atoms with Crippen LogP contribution >= 0.6 is 11.6 Å². The van der Waals surface area contributed by atoms with Gasteiger partial charge >= 0.3 is 5.97 Å². The van der Waals surface area contributed by atoms with Crippen LogP contribution in [0.5, 0.6) is 0 Å². The van der Waals surface area contributed by atoms with Crippen LogP contribution in [0.4, 0.5) is 0 Å². The van der Waals surface area contributed by atoms with E-state index < -0.39 is 5.41 Å². The SMILES string of the molecule is COC(=O)C1(c2ccccc2Cl)CCNCC1. The fourth-order valence-corrected chi connectivity index (χ4v) is 2.80. The molecule has 1 heterocycles. The molecular weight excluding hydrogens is 238 g/mol. The molecule has 3 nitrogen and oxygen atoms in total. The fourth-order valence-electron chi connectivity index (χ4n) is 2.48. The van der Waals surface area contributed by atoms with Crippen molar-refractivity contribution in [3.8, 4) is 0 Å². The van der Waals surface area contributed by atoms with E-state index in [1.54, 1.807) is 0 Å². The number of benzene rings is 1. The van der Waals surface area contributed by atoms with Crippen LogP contribution in [0.25, 0.3) is 0 Å². The van der Waals surface area contributed by atoms with Crippen LogP contribution < -0.4 is 5.32 Å². The third kappa shape index (κ3) is 2.17. The Balaban J connectivity index is 2.46. The summed E-state index contributed by atoms with van der Waals surface area (Å²) in [6.45, 7) is 1.61. The van der Waals surface area contributed by atoms with Gasteiger partial charge in [0.2, 0.25) is 0 Å². The quantitative estimate of drug-likeness (QED) is 0.821. The highest BCUT2D eigenvalue weighted by atomic mass is 35.5. The zero-order valence-corrected chi connectivity index (χ0v) is 10.6. The van der Waals surface area contributed by atoms with E-state index in [2.05, 4.69) is 5.32 Å². The molecule has 1 aliphatic heterocycles. The first-order chi connectivity index (χ1) is 8.20. The third-order valence-electron chi connectivity index (χ3n) is 3.42. The minimum Gasteiger partial charge on any atom is -0.468 e. The second-order valence-corrected chi connectivity index (χ2v) is 4.71. The maximum atomic E-state index is 12.1. The van der Waals surface area contributed by atoms with Gasteiger partial charge in [0.25, 0.3) is 0 Å². The number of esters is 1. The summed E-state index contributed by atoms with van der Waals surface area (Å²) in [5.74, 6) is -0.188. The van der Waals surface area contributed by atoms with Crippen LogP contribution in [0, 0.1) is 0 Å². The maximum Gasteiger partial charge on any atom is 0.316 e. The van der Waals surface area contributed by atoms with E-state index in [1.165, 1.54) is 7.11 Å². The Morgan fingerprint density at radius 3 is 2.59 bits per heavy atom. The van der Waals surface area contributed by atoms with E-state index in [0.717, 1.165) is 31.5 Å². The van der Waals surface area contributed by atoms with Gasteiger partial charge in [-0.1, -0.05) is 29.8 Å². The van der Waals surface area contributed by atoms with E-state index in [-0.39, 0.29) is 5.97 Å². The Kier molecular flexibility index (Phi) is 3.69. The largest absolute Gasteiger partial charge is 0.468 e. The first-order valence-corrected chi connectivity index (χ1v) is 6.13. The van der Waals surface area contributed by atoms with Gasteiger partial charge in [-0.05, 0) is 37.6 Å². The summed E-state index contributed by atoms with van der Waals surface area (Å²) in [4.78, 5) is 12.1. The van der Waals surface area contributed by atoms with Crippen LogP contribution in [-0.4, -0.2) is 26.2 Å². The first kappa shape index (κ1) is 12.4. The van der Waals surface area contributed by atoms with Crippen molar-refractivity contribution in [2.75, 3.05) is 20.2 Å². The second kappa shape index (κ2) is 5.07. The molecule has 0 radical (unpaired) electrons. The molecule has 17 heavy (non-hydrogen) atoms. The number of ether oxygens (including phenoxy) is 1. The summed E-state index contributed by atoms with van der Waals surface area (Å²) in [5, 5.41) is 3.90. The van der Waals surface area contributed by atoms with Crippen LogP contribution in [0.1, 0.15) is 18.4 Å².